The van der Waals surface area contributed by atoms with E-state index in [-0.39, 0.29) is 25.4 Å². The van der Waals surface area contributed by atoms with Crippen LogP contribution in [0, 0.1) is 11.7 Å². The van der Waals surface area contributed by atoms with E-state index in [4.69, 9.17) is 18.9 Å². The molecule has 1 aromatic heterocycles. The monoisotopic (exact) mass is 579 g/mol. The van der Waals surface area contributed by atoms with Crippen LogP contribution in [0.3, 0.4) is 0 Å². The highest BCUT2D eigenvalue weighted by Crippen LogP contribution is 2.51. The van der Waals surface area contributed by atoms with Crippen molar-refractivity contribution in [2.24, 2.45) is 5.92 Å². The van der Waals surface area contributed by atoms with Crippen LogP contribution in [0.5, 0.6) is 17.2 Å². The van der Waals surface area contributed by atoms with Gasteiger partial charge in [0.05, 0.1) is 27.9 Å². The molecule has 8 nitrogen and oxygen atoms in total. The number of rotatable bonds is 8. The van der Waals surface area contributed by atoms with Crippen LogP contribution in [0.15, 0.2) is 65.2 Å². The lowest BCUT2D eigenvalue weighted by Gasteiger charge is -2.42. The molecule has 1 aliphatic carbocycles. The second-order valence-corrected chi connectivity index (χ2v) is 10.7. The quantitative estimate of drug-likeness (QED) is 0.253. The summed E-state index contributed by atoms with van der Waals surface area (Å²) in [6, 6.07) is 12.8. The van der Waals surface area contributed by atoms with E-state index < -0.39 is 35.3 Å². The summed E-state index contributed by atoms with van der Waals surface area (Å²) < 4.78 is 35.8. The van der Waals surface area contributed by atoms with E-state index in [1.165, 1.54) is 61.8 Å². The van der Waals surface area contributed by atoms with E-state index >= 15 is 0 Å². The molecule has 0 fully saturated rings. The number of hydrogen-bond acceptors (Lipinski definition) is 8. The molecular weight excluding hydrogens is 549 g/mol. The first-order chi connectivity index (χ1) is 19.8. The van der Waals surface area contributed by atoms with Crippen LogP contribution in [0.2, 0.25) is 0 Å². The van der Waals surface area contributed by atoms with E-state index in [2.05, 4.69) is 0 Å². The molecule has 2 aliphatic rings. The first-order valence-corrected chi connectivity index (χ1v) is 14.1. The van der Waals surface area contributed by atoms with Crippen molar-refractivity contribution in [3.05, 3.63) is 81.4 Å². The molecule has 41 heavy (non-hydrogen) atoms. The van der Waals surface area contributed by atoms with Gasteiger partial charge in [-0.1, -0.05) is 6.07 Å². The van der Waals surface area contributed by atoms with Gasteiger partial charge in [-0.25, -0.2) is 4.39 Å². The molecule has 0 spiro atoms. The van der Waals surface area contributed by atoms with Crippen LogP contribution in [0.25, 0.3) is 0 Å². The van der Waals surface area contributed by atoms with Crippen molar-refractivity contribution in [2.75, 3.05) is 32.8 Å². The molecular formula is C31H30FNO7S. The topological polar surface area (TPSA) is 91.4 Å². The predicted octanol–water partition coefficient (Wildman–Crippen LogP) is 5.62. The molecule has 1 amide bonds. The van der Waals surface area contributed by atoms with Gasteiger partial charge >= 0.3 is 5.97 Å². The average Bonchev–Trinajstić information content (AvgIpc) is 3.51. The Kier molecular flexibility index (Phi) is 8.12. The summed E-state index contributed by atoms with van der Waals surface area (Å²) in [5.74, 6) is -2.90. The molecule has 214 valence electrons. The average molecular weight is 580 g/mol. The van der Waals surface area contributed by atoms with Gasteiger partial charge in [0, 0.05) is 40.1 Å². The number of methoxy groups -OCH3 is 3. The van der Waals surface area contributed by atoms with Gasteiger partial charge in [-0.15, -0.1) is 11.3 Å². The number of esters is 1. The van der Waals surface area contributed by atoms with E-state index in [1.807, 2.05) is 17.5 Å². The maximum atomic E-state index is 14.5. The molecule has 0 N–H and O–H groups in total. The van der Waals surface area contributed by atoms with Gasteiger partial charge in [0.2, 0.25) is 11.7 Å². The molecule has 5 rings (SSSR count). The van der Waals surface area contributed by atoms with E-state index in [0.717, 1.165) is 4.88 Å². The molecule has 2 heterocycles. The summed E-state index contributed by atoms with van der Waals surface area (Å²) in [6.07, 6.45) is 0.162. The fourth-order valence-corrected chi connectivity index (χ4v) is 6.64. The van der Waals surface area contributed by atoms with Crippen LogP contribution in [0.4, 0.5) is 10.1 Å². The van der Waals surface area contributed by atoms with Gasteiger partial charge in [-0.05, 0) is 66.8 Å². The fourth-order valence-electron chi connectivity index (χ4n) is 5.78. The van der Waals surface area contributed by atoms with Gasteiger partial charge < -0.3 is 18.9 Å². The molecule has 2 aromatic carbocycles. The zero-order valence-electron chi connectivity index (χ0n) is 23.1. The minimum absolute atomic E-state index is 0.0696. The second-order valence-electron chi connectivity index (χ2n) is 9.70. The lowest BCUT2D eigenvalue weighted by Crippen LogP contribution is -2.46. The summed E-state index contributed by atoms with van der Waals surface area (Å²) in [5.41, 5.74) is 1.87. The highest BCUT2D eigenvalue weighted by molar-refractivity contribution is 7.10. The summed E-state index contributed by atoms with van der Waals surface area (Å²) in [6.45, 7) is 1.83. The van der Waals surface area contributed by atoms with Gasteiger partial charge in [0.15, 0.2) is 17.3 Å². The largest absolute Gasteiger partial charge is 0.493 e. The number of benzene rings is 2. The van der Waals surface area contributed by atoms with Crippen LogP contribution in [-0.4, -0.2) is 45.6 Å². The number of halogens is 1. The molecule has 0 bridgehead atoms. The summed E-state index contributed by atoms with van der Waals surface area (Å²) >= 11 is 1.44. The molecule has 0 radical (unpaired) electrons. The summed E-state index contributed by atoms with van der Waals surface area (Å²) in [4.78, 5) is 44.0. The van der Waals surface area contributed by atoms with Gasteiger partial charge in [-0.3, -0.25) is 19.3 Å². The highest BCUT2D eigenvalue weighted by atomic mass is 32.1. The van der Waals surface area contributed by atoms with Crippen molar-refractivity contribution in [3.63, 3.8) is 0 Å². The van der Waals surface area contributed by atoms with E-state index in [9.17, 15) is 18.8 Å². The molecule has 10 heteroatoms. The standard InChI is InChI=1S/C31H30FNO7S/c1-5-40-31(36)28-21(25-7-6-12-41-25)15-22-27(29(28)35)20(16-26(34)33(22)19-10-8-18(32)9-11-19)17-13-23(37-2)30(39-4)24(14-17)38-3/h6-14,20-21,28H,5,15-16H2,1-4H3/t20-,21-,28+/m1/s1. The smallest absolute Gasteiger partial charge is 0.317 e. The second kappa shape index (κ2) is 11.7. The Balaban J connectivity index is 1.75. The molecule has 3 atom stereocenters. The van der Waals surface area contributed by atoms with Crippen LogP contribution < -0.4 is 19.1 Å². The number of carbonyl (C=O) groups excluding carboxylic acids is 3. The number of thiophene rings is 1. The number of carbonyl (C=O) groups is 3. The number of amides is 1. The summed E-state index contributed by atoms with van der Waals surface area (Å²) in [5, 5.41) is 1.88. The Morgan fingerprint density at radius 2 is 1.68 bits per heavy atom. The van der Waals surface area contributed by atoms with Crippen LogP contribution in [0.1, 0.15) is 42.0 Å². The number of ether oxygens (including phenoxy) is 4. The number of hydrogen-bond donors (Lipinski definition) is 0. The first-order valence-electron chi connectivity index (χ1n) is 13.2. The Labute approximate surface area is 241 Å². The number of Topliss-reactive ketones (excluding diaryl/α,β-unsaturated/α-hetero) is 1. The molecule has 0 saturated carbocycles. The molecule has 1 aliphatic heterocycles. The highest BCUT2D eigenvalue weighted by Gasteiger charge is 2.50. The van der Waals surface area contributed by atoms with Crippen molar-refractivity contribution in [1.82, 2.24) is 0 Å². The zero-order valence-corrected chi connectivity index (χ0v) is 24.0. The number of ketones is 1. The number of allylic oxidation sites excluding steroid dienone is 2. The Morgan fingerprint density at radius 3 is 2.24 bits per heavy atom. The van der Waals surface area contributed by atoms with Gasteiger partial charge in [0.25, 0.3) is 0 Å². The van der Waals surface area contributed by atoms with Crippen molar-refractivity contribution in [2.45, 2.75) is 31.6 Å². The van der Waals surface area contributed by atoms with Crippen LogP contribution in [-0.2, 0) is 19.1 Å². The van der Waals surface area contributed by atoms with E-state index in [1.54, 1.807) is 19.1 Å². The zero-order chi connectivity index (χ0) is 29.3. The normalized spacial score (nSPS) is 20.5. The van der Waals surface area contributed by atoms with E-state index in [0.29, 0.717) is 39.8 Å². The molecule has 0 unspecified atom stereocenters. The maximum absolute atomic E-state index is 14.5. The van der Waals surface area contributed by atoms with Gasteiger partial charge in [-0.2, -0.15) is 0 Å². The van der Waals surface area contributed by atoms with Crippen molar-refractivity contribution in [3.8, 4) is 17.2 Å². The SMILES string of the molecule is CCOC(=O)[C@@H]1C(=O)C2=C(C[C@@H]1c1cccs1)N(c1ccc(F)cc1)C(=O)C[C@@H]2c1cc(OC)c(OC)c(OC)c1. The Morgan fingerprint density at radius 1 is 1.00 bits per heavy atom. The Bertz CT molecular complexity index is 1470. The molecule has 3 aromatic rings. The van der Waals surface area contributed by atoms with Crippen molar-refractivity contribution < 1.29 is 37.7 Å². The maximum Gasteiger partial charge on any atom is 0.317 e. The third-order valence-electron chi connectivity index (χ3n) is 7.54. The Hall–Kier alpha value is -4.18. The number of nitrogens with zero attached hydrogens (tertiary/aromatic N) is 1. The van der Waals surface area contributed by atoms with Crippen LogP contribution >= 0.6 is 11.3 Å². The fraction of sp³-hybridized carbons (Fsp3) is 0.323. The summed E-state index contributed by atoms with van der Waals surface area (Å²) in [7, 11) is 4.47. The lowest BCUT2D eigenvalue weighted by molar-refractivity contribution is -0.152. The van der Waals surface area contributed by atoms with Crippen molar-refractivity contribution in [1.29, 1.82) is 0 Å². The predicted molar refractivity (Wildman–Crippen MR) is 151 cm³/mol. The lowest BCUT2D eigenvalue weighted by atomic mass is 9.69. The third kappa shape index (κ3) is 5.08. The minimum atomic E-state index is -1.08. The van der Waals surface area contributed by atoms with Crippen molar-refractivity contribution >= 4 is 34.7 Å². The minimum Gasteiger partial charge on any atom is -0.493 e. The number of anilines is 1. The van der Waals surface area contributed by atoms with Gasteiger partial charge in [0.1, 0.15) is 11.7 Å². The molecule has 0 saturated heterocycles. The first kappa shape index (κ1) is 28.4. The third-order valence-corrected chi connectivity index (χ3v) is 8.55.